The third-order valence-corrected chi connectivity index (χ3v) is 5.48. The van der Waals surface area contributed by atoms with E-state index >= 15 is 0 Å². The Bertz CT molecular complexity index is 782. The number of carbonyl (C=O) groups excluding carboxylic acids is 2. The molecule has 138 valence electrons. The van der Waals surface area contributed by atoms with Crippen LogP contribution < -0.4 is 5.32 Å². The van der Waals surface area contributed by atoms with Crippen LogP contribution in [0.4, 0.5) is 5.00 Å². The zero-order chi connectivity index (χ0) is 18.5. The number of carbonyl (C=O) groups is 2. The minimum atomic E-state index is -0.274. The van der Waals surface area contributed by atoms with Crippen LogP contribution in [0.25, 0.3) is 10.4 Å². The number of hydrogen-bond donors (Lipinski definition) is 1. The molecule has 1 aromatic carbocycles. The number of anilines is 1. The van der Waals surface area contributed by atoms with Gasteiger partial charge in [-0.25, -0.2) is 0 Å². The molecular formula is C19H22N2O4S. The van der Waals surface area contributed by atoms with E-state index in [-0.39, 0.29) is 18.4 Å². The fraction of sp³-hybridized carbons (Fsp3) is 0.368. The Balaban J connectivity index is 2.00. The van der Waals surface area contributed by atoms with Gasteiger partial charge >= 0.3 is 0 Å². The van der Waals surface area contributed by atoms with Crippen molar-refractivity contribution >= 4 is 28.2 Å². The van der Waals surface area contributed by atoms with Gasteiger partial charge < -0.3 is 19.7 Å². The minimum Gasteiger partial charge on any atom is -0.378 e. The molecule has 1 saturated heterocycles. The van der Waals surface area contributed by atoms with Gasteiger partial charge in [-0.3, -0.25) is 9.59 Å². The molecule has 1 aliphatic heterocycles. The number of amides is 2. The Hall–Kier alpha value is -2.22. The first-order valence-electron chi connectivity index (χ1n) is 8.46. The monoisotopic (exact) mass is 374 g/mol. The molecule has 7 heteroatoms. The molecule has 2 heterocycles. The molecule has 0 radical (unpaired) electrons. The quantitative estimate of drug-likeness (QED) is 0.874. The van der Waals surface area contributed by atoms with Crippen molar-refractivity contribution in [3.8, 4) is 10.4 Å². The van der Waals surface area contributed by atoms with Crippen molar-refractivity contribution in [3.05, 3.63) is 41.5 Å². The molecule has 26 heavy (non-hydrogen) atoms. The predicted molar refractivity (Wildman–Crippen MR) is 102 cm³/mol. The van der Waals surface area contributed by atoms with Gasteiger partial charge in [-0.05, 0) is 18.1 Å². The van der Waals surface area contributed by atoms with Gasteiger partial charge in [-0.1, -0.05) is 30.3 Å². The summed E-state index contributed by atoms with van der Waals surface area (Å²) in [5, 5.41) is 3.41. The molecule has 2 aromatic rings. The van der Waals surface area contributed by atoms with Gasteiger partial charge in [-0.2, -0.15) is 0 Å². The molecule has 1 fully saturated rings. The fourth-order valence-corrected chi connectivity index (χ4v) is 4.16. The Morgan fingerprint density at radius 2 is 1.92 bits per heavy atom. The number of rotatable bonds is 5. The third kappa shape index (κ3) is 3.95. The number of thiophene rings is 1. The van der Waals surface area contributed by atoms with Gasteiger partial charge in [0.1, 0.15) is 11.6 Å². The summed E-state index contributed by atoms with van der Waals surface area (Å²) in [6, 6.07) is 9.88. The second-order valence-electron chi connectivity index (χ2n) is 6.01. The van der Waals surface area contributed by atoms with Crippen LogP contribution in [-0.2, 0) is 14.3 Å². The average molecular weight is 374 g/mol. The third-order valence-electron chi connectivity index (χ3n) is 4.22. The van der Waals surface area contributed by atoms with Crippen LogP contribution in [-0.4, -0.2) is 56.7 Å². The van der Waals surface area contributed by atoms with Crippen molar-refractivity contribution in [1.29, 1.82) is 0 Å². The smallest absolute Gasteiger partial charge is 0.257 e. The van der Waals surface area contributed by atoms with Crippen LogP contribution in [0, 0.1) is 6.92 Å². The predicted octanol–water partition coefficient (Wildman–Crippen LogP) is 2.78. The van der Waals surface area contributed by atoms with E-state index in [9.17, 15) is 9.59 Å². The summed E-state index contributed by atoms with van der Waals surface area (Å²) in [6.45, 7) is 4.06. The highest BCUT2D eigenvalue weighted by Crippen LogP contribution is 2.40. The first-order valence-corrected chi connectivity index (χ1v) is 9.28. The van der Waals surface area contributed by atoms with Gasteiger partial charge in [0.25, 0.3) is 11.8 Å². The lowest BCUT2D eigenvalue weighted by atomic mass is 10.1. The van der Waals surface area contributed by atoms with E-state index < -0.39 is 0 Å². The lowest BCUT2D eigenvalue weighted by molar-refractivity contribution is -0.119. The number of benzene rings is 1. The van der Waals surface area contributed by atoms with E-state index in [4.69, 9.17) is 9.47 Å². The minimum absolute atomic E-state index is 0.0528. The summed E-state index contributed by atoms with van der Waals surface area (Å²) in [5.74, 6) is -0.346. The van der Waals surface area contributed by atoms with Gasteiger partial charge in [0, 0.05) is 25.1 Å². The molecular weight excluding hydrogens is 352 g/mol. The summed E-state index contributed by atoms with van der Waals surface area (Å²) in [6.07, 6.45) is 0. The van der Waals surface area contributed by atoms with E-state index in [0.29, 0.717) is 36.9 Å². The lowest BCUT2D eigenvalue weighted by Crippen LogP contribution is -2.41. The average Bonchev–Trinajstić information content (AvgIpc) is 2.98. The zero-order valence-corrected chi connectivity index (χ0v) is 15.7. The van der Waals surface area contributed by atoms with Crippen molar-refractivity contribution < 1.29 is 19.1 Å². The molecule has 3 rings (SSSR count). The maximum atomic E-state index is 13.1. The first-order chi connectivity index (χ1) is 12.6. The highest BCUT2D eigenvalue weighted by atomic mass is 32.1. The zero-order valence-electron chi connectivity index (χ0n) is 14.9. The van der Waals surface area contributed by atoms with Crippen molar-refractivity contribution in [3.63, 3.8) is 0 Å². The largest absolute Gasteiger partial charge is 0.378 e. The number of methoxy groups -OCH3 is 1. The number of ether oxygens (including phenoxy) is 2. The van der Waals surface area contributed by atoms with E-state index in [1.807, 2.05) is 37.3 Å². The molecule has 0 spiro atoms. The van der Waals surface area contributed by atoms with Crippen molar-refractivity contribution in [1.82, 2.24) is 4.90 Å². The topological polar surface area (TPSA) is 67.9 Å². The molecule has 6 nitrogen and oxygen atoms in total. The molecule has 0 atom stereocenters. The van der Waals surface area contributed by atoms with Crippen LogP contribution in [0.5, 0.6) is 0 Å². The van der Waals surface area contributed by atoms with Gasteiger partial charge in [0.05, 0.1) is 18.8 Å². The first kappa shape index (κ1) is 18.6. The van der Waals surface area contributed by atoms with Crippen molar-refractivity contribution in [2.45, 2.75) is 6.92 Å². The van der Waals surface area contributed by atoms with E-state index in [2.05, 4.69) is 5.32 Å². The SMILES string of the molecule is COCC(=O)Nc1sc(-c2ccccc2)c(C)c1C(=O)N1CCOCC1. The van der Waals surface area contributed by atoms with Crippen LogP contribution in [0.3, 0.4) is 0 Å². The number of nitrogens with one attached hydrogen (secondary N) is 1. The summed E-state index contributed by atoms with van der Waals surface area (Å²) in [4.78, 5) is 27.9. The molecule has 1 aromatic heterocycles. The second kappa shape index (κ2) is 8.44. The van der Waals surface area contributed by atoms with Crippen LogP contribution >= 0.6 is 11.3 Å². The molecule has 0 aliphatic carbocycles. The van der Waals surface area contributed by atoms with Crippen molar-refractivity contribution in [2.24, 2.45) is 0 Å². The van der Waals surface area contributed by atoms with Crippen LogP contribution in [0.15, 0.2) is 30.3 Å². The van der Waals surface area contributed by atoms with E-state index in [0.717, 1.165) is 16.0 Å². The standard InChI is InChI=1S/C19H22N2O4S/c1-13-16(19(23)21-8-10-25-11-9-21)18(20-15(22)12-24-2)26-17(13)14-6-4-3-5-7-14/h3-7H,8-12H2,1-2H3,(H,20,22). The molecule has 0 unspecified atom stereocenters. The van der Waals surface area contributed by atoms with Gasteiger partial charge in [0.15, 0.2) is 0 Å². The van der Waals surface area contributed by atoms with Gasteiger partial charge in [0.2, 0.25) is 0 Å². The van der Waals surface area contributed by atoms with Crippen molar-refractivity contribution in [2.75, 3.05) is 45.3 Å². The number of hydrogen-bond acceptors (Lipinski definition) is 5. The Kier molecular flexibility index (Phi) is 6.03. The normalized spacial score (nSPS) is 14.3. The highest BCUT2D eigenvalue weighted by molar-refractivity contribution is 7.20. The molecule has 2 amide bonds. The maximum absolute atomic E-state index is 13.1. The Morgan fingerprint density at radius 3 is 2.58 bits per heavy atom. The molecule has 0 saturated carbocycles. The molecule has 1 aliphatic rings. The van der Waals surface area contributed by atoms with E-state index in [1.165, 1.54) is 18.4 Å². The fourth-order valence-electron chi connectivity index (χ4n) is 2.94. The summed E-state index contributed by atoms with van der Waals surface area (Å²) >= 11 is 1.42. The van der Waals surface area contributed by atoms with Crippen LogP contribution in [0.2, 0.25) is 0 Å². The summed E-state index contributed by atoms with van der Waals surface area (Å²) in [7, 11) is 1.47. The maximum Gasteiger partial charge on any atom is 0.257 e. The molecule has 0 bridgehead atoms. The molecule has 1 N–H and O–H groups in total. The Labute approximate surface area is 156 Å². The number of nitrogens with zero attached hydrogens (tertiary/aromatic N) is 1. The lowest BCUT2D eigenvalue weighted by Gasteiger charge is -2.27. The van der Waals surface area contributed by atoms with E-state index in [1.54, 1.807) is 4.90 Å². The summed E-state index contributed by atoms with van der Waals surface area (Å²) < 4.78 is 10.2. The van der Waals surface area contributed by atoms with Crippen LogP contribution in [0.1, 0.15) is 15.9 Å². The summed E-state index contributed by atoms with van der Waals surface area (Å²) in [5.41, 5.74) is 2.46. The number of morpholine rings is 1. The Morgan fingerprint density at radius 1 is 1.23 bits per heavy atom. The highest BCUT2D eigenvalue weighted by Gasteiger charge is 2.27. The second-order valence-corrected chi connectivity index (χ2v) is 7.03. The van der Waals surface area contributed by atoms with Gasteiger partial charge in [-0.15, -0.1) is 11.3 Å².